The Kier molecular flexibility index (Phi) is 5.03. The lowest BCUT2D eigenvalue weighted by Crippen LogP contribution is -2.37. The molecule has 0 unspecified atom stereocenters. The minimum absolute atomic E-state index is 0.0677. The lowest BCUT2D eigenvalue weighted by molar-refractivity contribution is 0.0509. The van der Waals surface area contributed by atoms with Crippen LogP contribution in [0.15, 0.2) is 18.2 Å². The van der Waals surface area contributed by atoms with Crippen LogP contribution in [0.25, 0.3) is 0 Å². The number of alkyl halides is 2. The number of benzene rings is 1. The van der Waals surface area contributed by atoms with Crippen molar-refractivity contribution in [1.82, 2.24) is 4.90 Å². The van der Waals surface area contributed by atoms with Gasteiger partial charge in [0.2, 0.25) is 0 Å². The van der Waals surface area contributed by atoms with Crippen LogP contribution < -0.4 is 0 Å². The van der Waals surface area contributed by atoms with Gasteiger partial charge in [0, 0.05) is 12.1 Å². The summed E-state index contributed by atoms with van der Waals surface area (Å²) in [5, 5.41) is 18.2. The zero-order valence-electron chi connectivity index (χ0n) is 9.94. The highest BCUT2D eigenvalue weighted by Gasteiger charge is 2.19. The molecule has 4 nitrogen and oxygen atoms in total. The molecule has 0 saturated heterocycles. The van der Waals surface area contributed by atoms with E-state index in [1.54, 1.807) is 6.92 Å². The molecule has 0 bridgehead atoms. The maximum atomic E-state index is 12.3. The van der Waals surface area contributed by atoms with Crippen molar-refractivity contribution in [2.45, 2.75) is 13.3 Å². The summed E-state index contributed by atoms with van der Waals surface area (Å²) in [6.45, 7) is 0.358. The Bertz CT molecular complexity index is 424. The third-order valence-corrected chi connectivity index (χ3v) is 2.47. The number of rotatable bonds is 5. The molecule has 0 aliphatic heterocycles. The quantitative estimate of drug-likeness (QED) is 0.840. The van der Waals surface area contributed by atoms with Crippen molar-refractivity contribution in [2.24, 2.45) is 0 Å². The Morgan fingerprint density at radius 1 is 1.44 bits per heavy atom. The van der Waals surface area contributed by atoms with E-state index in [1.165, 1.54) is 18.2 Å². The molecule has 0 saturated carbocycles. The summed E-state index contributed by atoms with van der Waals surface area (Å²) >= 11 is 0. The van der Waals surface area contributed by atoms with Gasteiger partial charge in [-0.05, 0) is 24.6 Å². The van der Waals surface area contributed by atoms with Gasteiger partial charge in [0.1, 0.15) is 5.75 Å². The number of amides is 1. The molecule has 0 aliphatic rings. The summed E-state index contributed by atoms with van der Waals surface area (Å²) in [5.74, 6) is -0.707. The van der Waals surface area contributed by atoms with Crippen molar-refractivity contribution in [1.29, 1.82) is 0 Å². The number of hydrogen-bond donors (Lipinski definition) is 2. The van der Waals surface area contributed by atoms with Gasteiger partial charge in [-0.1, -0.05) is 6.07 Å². The molecule has 0 fully saturated rings. The number of aryl methyl sites for hydroxylation is 1. The first kappa shape index (κ1) is 14.4. The highest BCUT2D eigenvalue weighted by Crippen LogP contribution is 2.18. The van der Waals surface area contributed by atoms with E-state index in [0.29, 0.717) is 5.56 Å². The number of carbonyl (C=O) groups excluding carboxylic acids is 1. The molecule has 1 amide bonds. The van der Waals surface area contributed by atoms with Crippen molar-refractivity contribution < 1.29 is 23.8 Å². The average molecular weight is 259 g/mol. The minimum Gasteiger partial charge on any atom is -0.508 e. The SMILES string of the molecule is Cc1ccc(C(=O)N(CCO)CC(F)F)cc1O. The second kappa shape index (κ2) is 6.30. The monoisotopic (exact) mass is 259 g/mol. The summed E-state index contributed by atoms with van der Waals surface area (Å²) < 4.78 is 24.6. The number of phenols is 1. The number of aliphatic hydroxyl groups excluding tert-OH is 1. The van der Waals surface area contributed by atoms with Crippen molar-refractivity contribution in [3.8, 4) is 5.75 Å². The van der Waals surface area contributed by atoms with Crippen LogP contribution in [0.3, 0.4) is 0 Å². The Morgan fingerprint density at radius 3 is 2.61 bits per heavy atom. The average Bonchev–Trinajstić information content (AvgIpc) is 2.31. The molecule has 6 heteroatoms. The van der Waals surface area contributed by atoms with E-state index in [9.17, 15) is 18.7 Å². The largest absolute Gasteiger partial charge is 0.508 e. The first-order valence-corrected chi connectivity index (χ1v) is 5.43. The van der Waals surface area contributed by atoms with Crippen molar-refractivity contribution in [2.75, 3.05) is 19.7 Å². The van der Waals surface area contributed by atoms with Crippen LogP contribution in [-0.4, -0.2) is 47.1 Å². The zero-order chi connectivity index (χ0) is 13.7. The standard InChI is InChI=1S/C12H15F2NO3/c1-8-2-3-9(6-10(8)17)12(18)15(4-5-16)7-11(13)14/h2-3,6,11,16-17H,4-5,7H2,1H3. The molecule has 0 radical (unpaired) electrons. The maximum Gasteiger partial charge on any atom is 0.255 e. The number of nitrogens with zero attached hydrogens (tertiary/aromatic N) is 1. The van der Waals surface area contributed by atoms with Crippen LogP contribution in [-0.2, 0) is 0 Å². The molecule has 100 valence electrons. The second-order valence-corrected chi connectivity index (χ2v) is 3.87. The van der Waals surface area contributed by atoms with E-state index in [0.717, 1.165) is 4.90 Å². The van der Waals surface area contributed by atoms with Gasteiger partial charge >= 0.3 is 0 Å². The fourth-order valence-corrected chi connectivity index (χ4v) is 1.49. The lowest BCUT2D eigenvalue weighted by atomic mass is 10.1. The van der Waals surface area contributed by atoms with Crippen LogP contribution >= 0.6 is 0 Å². The van der Waals surface area contributed by atoms with Gasteiger partial charge in [-0.15, -0.1) is 0 Å². The summed E-state index contributed by atoms with van der Waals surface area (Å²) in [6.07, 6.45) is -2.67. The molecule has 1 aromatic rings. The predicted octanol–water partition coefficient (Wildman–Crippen LogP) is 1.40. The van der Waals surface area contributed by atoms with Gasteiger partial charge in [-0.25, -0.2) is 8.78 Å². The fourth-order valence-electron chi connectivity index (χ4n) is 1.49. The minimum atomic E-state index is -2.67. The molecule has 0 aliphatic carbocycles. The van der Waals surface area contributed by atoms with Gasteiger partial charge in [-0.2, -0.15) is 0 Å². The molecule has 1 rings (SSSR count). The Labute approximate surface area is 103 Å². The lowest BCUT2D eigenvalue weighted by Gasteiger charge is -2.21. The number of phenolic OH excluding ortho intramolecular Hbond substituents is 1. The normalized spacial score (nSPS) is 10.7. The van der Waals surface area contributed by atoms with E-state index in [4.69, 9.17) is 5.11 Å². The van der Waals surface area contributed by atoms with E-state index in [2.05, 4.69) is 0 Å². The molecule has 1 aromatic carbocycles. The van der Waals surface area contributed by atoms with E-state index in [1.807, 2.05) is 0 Å². The number of carbonyl (C=O) groups is 1. The zero-order valence-corrected chi connectivity index (χ0v) is 9.94. The van der Waals surface area contributed by atoms with Gasteiger partial charge < -0.3 is 15.1 Å². The highest BCUT2D eigenvalue weighted by molar-refractivity contribution is 5.94. The molecule has 2 N–H and O–H groups in total. The Morgan fingerprint density at radius 2 is 2.11 bits per heavy atom. The van der Waals surface area contributed by atoms with Crippen molar-refractivity contribution in [3.63, 3.8) is 0 Å². The summed E-state index contributed by atoms with van der Waals surface area (Å²) in [5.41, 5.74) is 0.710. The number of halogens is 2. The first-order valence-electron chi connectivity index (χ1n) is 5.43. The second-order valence-electron chi connectivity index (χ2n) is 3.87. The maximum absolute atomic E-state index is 12.3. The van der Waals surface area contributed by atoms with Crippen molar-refractivity contribution in [3.05, 3.63) is 29.3 Å². The molecule has 18 heavy (non-hydrogen) atoms. The van der Waals surface area contributed by atoms with Crippen molar-refractivity contribution >= 4 is 5.91 Å². The molecule has 0 aromatic heterocycles. The van der Waals surface area contributed by atoms with Gasteiger partial charge in [0.05, 0.1) is 13.2 Å². The van der Waals surface area contributed by atoms with Crippen LogP contribution in [0.2, 0.25) is 0 Å². The summed E-state index contributed by atoms with van der Waals surface area (Å²) in [7, 11) is 0. The number of aromatic hydroxyl groups is 1. The third kappa shape index (κ3) is 3.66. The molecular formula is C12H15F2NO3. The van der Waals surface area contributed by atoms with E-state index in [-0.39, 0.29) is 17.9 Å². The van der Waals surface area contributed by atoms with Gasteiger partial charge in [0.25, 0.3) is 12.3 Å². The van der Waals surface area contributed by atoms with Gasteiger partial charge in [0.15, 0.2) is 0 Å². The molecule has 0 atom stereocenters. The van der Waals surface area contributed by atoms with Crippen LogP contribution in [0, 0.1) is 6.92 Å². The first-order chi connectivity index (χ1) is 8.45. The predicted molar refractivity (Wildman–Crippen MR) is 61.8 cm³/mol. The topological polar surface area (TPSA) is 60.8 Å². The van der Waals surface area contributed by atoms with E-state index >= 15 is 0 Å². The van der Waals surface area contributed by atoms with Crippen LogP contribution in [0.4, 0.5) is 8.78 Å². The smallest absolute Gasteiger partial charge is 0.255 e. The van der Waals surface area contributed by atoms with Gasteiger partial charge in [-0.3, -0.25) is 4.79 Å². The summed E-state index contributed by atoms with van der Waals surface area (Å²) in [6, 6.07) is 4.21. The highest BCUT2D eigenvalue weighted by atomic mass is 19.3. The molecular weight excluding hydrogens is 244 g/mol. The Balaban J connectivity index is 2.90. The molecule has 0 heterocycles. The third-order valence-electron chi connectivity index (χ3n) is 2.47. The summed E-state index contributed by atoms with van der Waals surface area (Å²) in [4.78, 5) is 12.8. The number of aliphatic hydroxyl groups is 1. The van der Waals surface area contributed by atoms with E-state index < -0.39 is 25.5 Å². The number of hydrogen-bond acceptors (Lipinski definition) is 3. The molecule has 0 spiro atoms. The van der Waals surface area contributed by atoms with Crippen LogP contribution in [0.5, 0.6) is 5.75 Å². The fraction of sp³-hybridized carbons (Fsp3) is 0.417. The van der Waals surface area contributed by atoms with Crippen LogP contribution in [0.1, 0.15) is 15.9 Å². The Hall–Kier alpha value is -1.69.